The molecule has 0 aliphatic carbocycles. The molecule has 2 atom stereocenters. The first kappa shape index (κ1) is 13.0. The van der Waals surface area contributed by atoms with Crippen molar-refractivity contribution in [2.24, 2.45) is 0 Å². The average Bonchev–Trinajstić information content (AvgIpc) is 2.20. The number of aliphatic hydroxyl groups is 1. The van der Waals surface area contributed by atoms with Crippen LogP contribution < -0.4 is 0 Å². The third kappa shape index (κ3) is 3.21. The summed E-state index contributed by atoms with van der Waals surface area (Å²) < 4.78 is 13.5. The van der Waals surface area contributed by atoms with Crippen molar-refractivity contribution in [2.75, 3.05) is 0 Å². The van der Waals surface area contributed by atoms with Crippen LogP contribution in [0.5, 0.6) is 0 Å². The molecule has 2 N–H and O–H groups in total. The Labute approximate surface area is 97.3 Å². The smallest absolute Gasteiger partial charge is 0.335 e. The van der Waals surface area contributed by atoms with E-state index in [1.807, 2.05) is 0 Å². The standard InChI is InChI=1S/C11H13FO3S/c1-6(13)7(2)16-10-4-3-8(11(14)15)5-9(10)12/h3-7,13H,1-2H3,(H,14,15). The van der Waals surface area contributed by atoms with E-state index >= 15 is 0 Å². The van der Waals surface area contributed by atoms with Crippen molar-refractivity contribution >= 4 is 17.7 Å². The highest BCUT2D eigenvalue weighted by Crippen LogP contribution is 2.28. The average molecular weight is 244 g/mol. The minimum Gasteiger partial charge on any atom is -0.478 e. The van der Waals surface area contributed by atoms with Gasteiger partial charge in [0.15, 0.2) is 0 Å². The Morgan fingerprint density at radius 3 is 2.50 bits per heavy atom. The summed E-state index contributed by atoms with van der Waals surface area (Å²) in [5, 5.41) is 17.8. The molecule has 0 heterocycles. The van der Waals surface area contributed by atoms with Crippen molar-refractivity contribution in [3.8, 4) is 0 Å². The molecule has 0 bridgehead atoms. The fraction of sp³-hybridized carbons (Fsp3) is 0.364. The zero-order valence-corrected chi connectivity index (χ0v) is 9.79. The maximum atomic E-state index is 13.5. The molecule has 16 heavy (non-hydrogen) atoms. The summed E-state index contributed by atoms with van der Waals surface area (Å²) in [6, 6.07) is 3.75. The molecule has 0 aliphatic heterocycles. The number of benzene rings is 1. The molecule has 1 aromatic rings. The Morgan fingerprint density at radius 1 is 1.44 bits per heavy atom. The van der Waals surface area contributed by atoms with Gasteiger partial charge in [0.25, 0.3) is 0 Å². The van der Waals surface area contributed by atoms with Crippen molar-refractivity contribution in [1.82, 2.24) is 0 Å². The Kier molecular flexibility index (Phi) is 4.32. The number of halogens is 1. The second kappa shape index (κ2) is 5.32. The van der Waals surface area contributed by atoms with Crippen molar-refractivity contribution < 1.29 is 19.4 Å². The summed E-state index contributed by atoms with van der Waals surface area (Å²) in [4.78, 5) is 10.9. The van der Waals surface area contributed by atoms with Crippen molar-refractivity contribution in [3.05, 3.63) is 29.6 Å². The van der Waals surface area contributed by atoms with Gasteiger partial charge in [0, 0.05) is 10.1 Å². The molecule has 3 nitrogen and oxygen atoms in total. The maximum absolute atomic E-state index is 13.5. The molecule has 2 unspecified atom stereocenters. The third-order valence-corrected chi connectivity index (χ3v) is 3.52. The molecular formula is C11H13FO3S. The molecule has 1 aromatic carbocycles. The van der Waals surface area contributed by atoms with E-state index in [9.17, 15) is 14.3 Å². The fourth-order valence-electron chi connectivity index (χ4n) is 1.03. The van der Waals surface area contributed by atoms with Gasteiger partial charge in [-0.3, -0.25) is 0 Å². The minimum atomic E-state index is -1.15. The van der Waals surface area contributed by atoms with Gasteiger partial charge < -0.3 is 10.2 Å². The van der Waals surface area contributed by atoms with Crippen LogP contribution in [0.2, 0.25) is 0 Å². The lowest BCUT2D eigenvalue weighted by Crippen LogP contribution is -2.15. The quantitative estimate of drug-likeness (QED) is 0.798. The Bertz CT molecular complexity index is 393. The number of carboxylic acids is 1. The van der Waals surface area contributed by atoms with E-state index in [1.165, 1.54) is 23.9 Å². The van der Waals surface area contributed by atoms with E-state index in [4.69, 9.17) is 5.11 Å². The summed E-state index contributed by atoms with van der Waals surface area (Å²) >= 11 is 1.18. The predicted molar refractivity (Wildman–Crippen MR) is 60.4 cm³/mol. The van der Waals surface area contributed by atoms with Crippen LogP contribution in [0.3, 0.4) is 0 Å². The van der Waals surface area contributed by atoms with Gasteiger partial charge in [-0.2, -0.15) is 0 Å². The zero-order chi connectivity index (χ0) is 12.3. The second-order valence-corrected chi connectivity index (χ2v) is 4.93. The monoisotopic (exact) mass is 244 g/mol. The first-order chi connectivity index (χ1) is 7.41. The molecule has 0 aromatic heterocycles. The van der Waals surface area contributed by atoms with Gasteiger partial charge >= 0.3 is 5.97 Å². The van der Waals surface area contributed by atoms with Gasteiger partial charge in [0.2, 0.25) is 0 Å². The molecule has 0 amide bonds. The van der Waals surface area contributed by atoms with Crippen molar-refractivity contribution in [3.63, 3.8) is 0 Å². The van der Waals surface area contributed by atoms with Crippen LogP contribution in [0.25, 0.3) is 0 Å². The molecule has 0 radical (unpaired) electrons. The number of hydrogen-bond donors (Lipinski definition) is 2. The normalized spacial score (nSPS) is 14.5. The lowest BCUT2D eigenvalue weighted by molar-refractivity contribution is 0.0696. The molecule has 0 fully saturated rings. The third-order valence-electron chi connectivity index (χ3n) is 2.17. The number of hydrogen-bond acceptors (Lipinski definition) is 3. The van der Waals surface area contributed by atoms with Crippen LogP contribution in [-0.4, -0.2) is 27.5 Å². The summed E-state index contributed by atoms with van der Waals surface area (Å²) in [5.74, 6) is -1.73. The lowest BCUT2D eigenvalue weighted by Gasteiger charge is -2.14. The molecule has 0 saturated carbocycles. The number of thioether (sulfide) groups is 1. The van der Waals surface area contributed by atoms with E-state index in [0.717, 1.165) is 6.07 Å². The van der Waals surface area contributed by atoms with Crippen molar-refractivity contribution in [2.45, 2.75) is 30.1 Å². The van der Waals surface area contributed by atoms with E-state index < -0.39 is 17.9 Å². The zero-order valence-electron chi connectivity index (χ0n) is 8.98. The SMILES string of the molecule is CC(O)C(C)Sc1ccc(C(=O)O)cc1F. The Balaban J connectivity index is 2.87. The molecule has 0 saturated heterocycles. The number of rotatable bonds is 4. The summed E-state index contributed by atoms with van der Waals surface area (Å²) in [6.45, 7) is 3.40. The summed E-state index contributed by atoms with van der Waals surface area (Å²) in [7, 11) is 0. The number of aromatic carboxylic acids is 1. The van der Waals surface area contributed by atoms with Crippen LogP contribution in [0.15, 0.2) is 23.1 Å². The lowest BCUT2D eigenvalue weighted by atomic mass is 10.2. The molecule has 5 heteroatoms. The van der Waals surface area contributed by atoms with Crippen LogP contribution in [-0.2, 0) is 0 Å². The van der Waals surface area contributed by atoms with E-state index in [0.29, 0.717) is 4.90 Å². The Morgan fingerprint density at radius 2 is 2.06 bits per heavy atom. The van der Waals surface area contributed by atoms with E-state index in [2.05, 4.69) is 0 Å². The van der Waals surface area contributed by atoms with Gasteiger partial charge in [0.05, 0.1) is 11.7 Å². The number of aliphatic hydroxyl groups excluding tert-OH is 1. The molecule has 88 valence electrons. The highest BCUT2D eigenvalue weighted by Gasteiger charge is 2.14. The molecular weight excluding hydrogens is 231 g/mol. The highest BCUT2D eigenvalue weighted by atomic mass is 32.2. The van der Waals surface area contributed by atoms with Crippen molar-refractivity contribution in [1.29, 1.82) is 0 Å². The predicted octanol–water partition coefficient (Wildman–Crippen LogP) is 2.39. The molecule has 1 rings (SSSR count). The summed E-state index contributed by atoms with van der Waals surface area (Å²) in [5.41, 5.74) is -0.0773. The van der Waals surface area contributed by atoms with Gasteiger partial charge in [-0.25, -0.2) is 9.18 Å². The largest absolute Gasteiger partial charge is 0.478 e. The first-order valence-corrected chi connectivity index (χ1v) is 5.67. The van der Waals surface area contributed by atoms with Gasteiger partial charge in [-0.1, -0.05) is 6.92 Å². The maximum Gasteiger partial charge on any atom is 0.335 e. The van der Waals surface area contributed by atoms with Gasteiger partial charge in [-0.05, 0) is 25.1 Å². The second-order valence-electron chi connectivity index (χ2n) is 3.51. The van der Waals surface area contributed by atoms with Gasteiger partial charge in [-0.15, -0.1) is 11.8 Å². The van der Waals surface area contributed by atoms with Crippen LogP contribution >= 0.6 is 11.8 Å². The van der Waals surface area contributed by atoms with Crippen LogP contribution in [0, 0.1) is 5.82 Å². The van der Waals surface area contributed by atoms with Crippen LogP contribution in [0.1, 0.15) is 24.2 Å². The van der Waals surface area contributed by atoms with E-state index in [-0.39, 0.29) is 10.8 Å². The minimum absolute atomic E-state index is 0.0773. The Hall–Kier alpha value is -1.07. The molecule has 0 aliphatic rings. The fourth-order valence-corrected chi connectivity index (χ4v) is 1.94. The van der Waals surface area contributed by atoms with Gasteiger partial charge in [0.1, 0.15) is 5.82 Å². The number of carbonyl (C=O) groups is 1. The first-order valence-electron chi connectivity index (χ1n) is 4.79. The topological polar surface area (TPSA) is 57.5 Å². The summed E-state index contributed by atoms with van der Waals surface area (Å²) in [6.07, 6.45) is -0.552. The highest BCUT2D eigenvalue weighted by molar-refractivity contribution is 8.00. The van der Waals surface area contributed by atoms with E-state index in [1.54, 1.807) is 13.8 Å². The van der Waals surface area contributed by atoms with Crippen LogP contribution in [0.4, 0.5) is 4.39 Å². The number of carboxylic acid groups (broad SMARTS) is 1. The molecule has 0 spiro atoms.